The van der Waals surface area contributed by atoms with Crippen molar-refractivity contribution in [1.29, 1.82) is 0 Å². The van der Waals surface area contributed by atoms with Crippen LogP contribution in [-0.4, -0.2) is 74.2 Å². The molecule has 0 bridgehead atoms. The van der Waals surface area contributed by atoms with Crippen LogP contribution in [0.25, 0.3) is 0 Å². The quantitative estimate of drug-likeness (QED) is 0.519. The second-order valence-electron chi connectivity index (χ2n) is 8.90. The predicted octanol–water partition coefficient (Wildman–Crippen LogP) is 2.11. The SMILES string of the molecule is CCN1CCCC1CNC(N)=NCc1ccc(N2CCN(CC3CC3)CC2)cc1. The molecule has 1 aliphatic carbocycles. The molecule has 0 spiro atoms. The number of rotatable bonds is 8. The third-order valence-corrected chi connectivity index (χ3v) is 6.74. The zero-order chi connectivity index (χ0) is 20.1. The minimum absolute atomic E-state index is 0.559. The Bertz CT molecular complexity index is 660. The largest absolute Gasteiger partial charge is 0.370 e. The third kappa shape index (κ3) is 5.86. The number of anilines is 1. The van der Waals surface area contributed by atoms with Crippen LogP contribution in [0, 0.1) is 5.92 Å². The van der Waals surface area contributed by atoms with Crippen molar-refractivity contribution in [1.82, 2.24) is 15.1 Å². The molecule has 0 amide bonds. The molecule has 3 fully saturated rings. The van der Waals surface area contributed by atoms with Crippen LogP contribution in [0.4, 0.5) is 5.69 Å². The number of guanidine groups is 1. The smallest absolute Gasteiger partial charge is 0.188 e. The Balaban J connectivity index is 1.20. The average molecular weight is 399 g/mol. The van der Waals surface area contributed by atoms with Gasteiger partial charge < -0.3 is 16.0 Å². The molecule has 4 rings (SSSR count). The molecule has 0 radical (unpaired) electrons. The number of aliphatic imine (C=N–C) groups is 1. The van der Waals surface area contributed by atoms with Crippen LogP contribution in [0.2, 0.25) is 0 Å². The molecule has 1 saturated carbocycles. The fourth-order valence-electron chi connectivity index (χ4n) is 4.66. The van der Waals surface area contributed by atoms with Crippen molar-refractivity contribution < 1.29 is 0 Å². The molecule has 2 aliphatic heterocycles. The van der Waals surface area contributed by atoms with Gasteiger partial charge in [0.25, 0.3) is 0 Å². The second-order valence-corrected chi connectivity index (χ2v) is 8.90. The van der Waals surface area contributed by atoms with Crippen molar-refractivity contribution >= 4 is 11.6 Å². The molecule has 6 heteroatoms. The summed E-state index contributed by atoms with van der Waals surface area (Å²) in [5.74, 6) is 1.55. The zero-order valence-electron chi connectivity index (χ0n) is 18.0. The molecule has 6 nitrogen and oxygen atoms in total. The normalized spacial score (nSPS) is 24.2. The van der Waals surface area contributed by atoms with E-state index in [2.05, 4.69) is 56.2 Å². The highest BCUT2D eigenvalue weighted by molar-refractivity contribution is 5.77. The first-order valence-electron chi connectivity index (χ1n) is 11.6. The summed E-state index contributed by atoms with van der Waals surface area (Å²) in [5.41, 5.74) is 8.63. The fraction of sp³-hybridized carbons (Fsp3) is 0.696. The molecule has 0 aromatic heterocycles. The lowest BCUT2D eigenvalue weighted by atomic mass is 10.1. The molecule has 29 heavy (non-hydrogen) atoms. The van der Waals surface area contributed by atoms with E-state index in [0.717, 1.165) is 32.1 Å². The predicted molar refractivity (Wildman–Crippen MR) is 121 cm³/mol. The van der Waals surface area contributed by atoms with E-state index in [1.54, 1.807) is 0 Å². The van der Waals surface area contributed by atoms with Crippen LogP contribution in [0.15, 0.2) is 29.3 Å². The van der Waals surface area contributed by atoms with Gasteiger partial charge in [-0.25, -0.2) is 4.99 Å². The lowest BCUT2D eigenvalue weighted by Crippen LogP contribution is -2.47. The summed E-state index contributed by atoms with van der Waals surface area (Å²) in [5, 5.41) is 3.32. The summed E-state index contributed by atoms with van der Waals surface area (Å²) < 4.78 is 0. The Labute approximate surface area is 176 Å². The molecule has 2 heterocycles. The van der Waals surface area contributed by atoms with Crippen LogP contribution >= 0.6 is 0 Å². The molecule has 3 N–H and O–H groups in total. The molecule has 3 aliphatic rings. The first-order chi connectivity index (χ1) is 14.2. The standard InChI is InChI=1S/C23H38N6/c1-2-28-11-3-4-22(28)17-26-23(24)25-16-19-7-9-21(10-8-19)29-14-12-27(13-15-29)18-20-5-6-20/h7-10,20,22H,2-6,11-18H2,1H3,(H3,24,25,26). The minimum atomic E-state index is 0.559. The number of piperazine rings is 1. The van der Waals surface area contributed by atoms with Gasteiger partial charge in [0.1, 0.15) is 0 Å². The van der Waals surface area contributed by atoms with Crippen LogP contribution in [0.3, 0.4) is 0 Å². The average Bonchev–Trinajstić information content (AvgIpc) is 3.45. The first kappa shape index (κ1) is 20.5. The van der Waals surface area contributed by atoms with Gasteiger partial charge in [-0.2, -0.15) is 0 Å². The molecule has 1 aromatic rings. The monoisotopic (exact) mass is 398 g/mol. The van der Waals surface area contributed by atoms with E-state index in [1.807, 2.05) is 0 Å². The molecule has 1 aromatic carbocycles. The first-order valence-corrected chi connectivity index (χ1v) is 11.6. The van der Waals surface area contributed by atoms with Crippen molar-refractivity contribution in [3.63, 3.8) is 0 Å². The van der Waals surface area contributed by atoms with Gasteiger partial charge >= 0.3 is 0 Å². The summed E-state index contributed by atoms with van der Waals surface area (Å²) in [7, 11) is 0. The summed E-state index contributed by atoms with van der Waals surface area (Å²) in [6, 6.07) is 9.46. The van der Waals surface area contributed by atoms with Gasteiger partial charge in [-0.05, 0) is 62.4 Å². The Kier molecular flexibility index (Phi) is 6.93. The van der Waals surface area contributed by atoms with Crippen LogP contribution < -0.4 is 16.0 Å². The molecular weight excluding hydrogens is 360 g/mol. The van der Waals surface area contributed by atoms with Crippen molar-refractivity contribution in [2.75, 3.05) is 57.3 Å². The van der Waals surface area contributed by atoms with Crippen molar-refractivity contribution in [2.24, 2.45) is 16.6 Å². The number of likely N-dealkylation sites (N-methyl/N-ethyl adjacent to an activating group) is 1. The van der Waals surface area contributed by atoms with E-state index in [0.29, 0.717) is 18.5 Å². The number of hydrogen-bond acceptors (Lipinski definition) is 4. The van der Waals surface area contributed by atoms with Gasteiger partial charge in [0, 0.05) is 51.0 Å². The third-order valence-electron chi connectivity index (χ3n) is 6.74. The number of hydrogen-bond donors (Lipinski definition) is 2. The van der Waals surface area contributed by atoms with Crippen LogP contribution in [0.5, 0.6) is 0 Å². The number of nitrogens with two attached hydrogens (primary N) is 1. The maximum Gasteiger partial charge on any atom is 0.188 e. The summed E-state index contributed by atoms with van der Waals surface area (Å²) >= 11 is 0. The Hall–Kier alpha value is -1.79. The summed E-state index contributed by atoms with van der Waals surface area (Å²) in [4.78, 5) is 12.2. The Morgan fingerprint density at radius 1 is 1.07 bits per heavy atom. The van der Waals surface area contributed by atoms with Crippen molar-refractivity contribution in [3.05, 3.63) is 29.8 Å². The molecule has 1 unspecified atom stereocenters. The molecule has 1 atom stereocenters. The van der Waals surface area contributed by atoms with E-state index in [-0.39, 0.29) is 0 Å². The van der Waals surface area contributed by atoms with Crippen molar-refractivity contribution in [3.8, 4) is 0 Å². The fourth-order valence-corrected chi connectivity index (χ4v) is 4.66. The lowest BCUT2D eigenvalue weighted by molar-refractivity contribution is 0.248. The second kappa shape index (κ2) is 9.81. The Morgan fingerprint density at radius 3 is 2.52 bits per heavy atom. The highest BCUT2D eigenvalue weighted by atomic mass is 15.3. The molecule has 2 saturated heterocycles. The van der Waals surface area contributed by atoms with E-state index in [1.165, 1.54) is 63.1 Å². The molecule has 160 valence electrons. The van der Waals surface area contributed by atoms with Gasteiger partial charge in [0.2, 0.25) is 0 Å². The van der Waals surface area contributed by atoms with Crippen LogP contribution in [0.1, 0.15) is 38.2 Å². The van der Waals surface area contributed by atoms with E-state index < -0.39 is 0 Å². The highest BCUT2D eigenvalue weighted by Crippen LogP contribution is 2.30. The van der Waals surface area contributed by atoms with E-state index >= 15 is 0 Å². The van der Waals surface area contributed by atoms with Gasteiger partial charge in [-0.1, -0.05) is 19.1 Å². The maximum atomic E-state index is 6.09. The van der Waals surface area contributed by atoms with Gasteiger partial charge in [0.15, 0.2) is 5.96 Å². The minimum Gasteiger partial charge on any atom is -0.370 e. The number of benzene rings is 1. The zero-order valence-corrected chi connectivity index (χ0v) is 18.0. The number of likely N-dealkylation sites (tertiary alicyclic amines) is 1. The van der Waals surface area contributed by atoms with E-state index in [9.17, 15) is 0 Å². The van der Waals surface area contributed by atoms with Crippen molar-refractivity contribution in [2.45, 2.75) is 45.2 Å². The molecular formula is C23H38N6. The van der Waals surface area contributed by atoms with Gasteiger partial charge in [-0.15, -0.1) is 0 Å². The van der Waals surface area contributed by atoms with Gasteiger partial charge in [-0.3, -0.25) is 9.80 Å². The maximum absolute atomic E-state index is 6.09. The summed E-state index contributed by atoms with van der Waals surface area (Å²) in [6.45, 7) is 12.1. The van der Waals surface area contributed by atoms with E-state index in [4.69, 9.17) is 5.73 Å². The Morgan fingerprint density at radius 2 is 1.83 bits per heavy atom. The summed E-state index contributed by atoms with van der Waals surface area (Å²) in [6.07, 6.45) is 5.44. The van der Waals surface area contributed by atoms with Crippen LogP contribution in [-0.2, 0) is 6.54 Å². The number of nitrogens with zero attached hydrogens (tertiary/aromatic N) is 4. The highest BCUT2D eigenvalue weighted by Gasteiger charge is 2.26. The number of nitrogens with one attached hydrogen (secondary N) is 1. The lowest BCUT2D eigenvalue weighted by Gasteiger charge is -2.36. The topological polar surface area (TPSA) is 60.1 Å². The van der Waals surface area contributed by atoms with Gasteiger partial charge in [0.05, 0.1) is 6.54 Å².